The molecule has 2 heterocycles. The van der Waals surface area contributed by atoms with Crippen molar-refractivity contribution < 1.29 is 4.79 Å². The van der Waals surface area contributed by atoms with E-state index in [0.717, 1.165) is 46.6 Å². The largest absolute Gasteiger partial charge is 0.307 e. The minimum atomic E-state index is 0.126. The highest BCUT2D eigenvalue weighted by Crippen LogP contribution is 2.36. The van der Waals surface area contributed by atoms with Gasteiger partial charge in [-0.1, -0.05) is 12.1 Å². The molecule has 2 aromatic rings. The van der Waals surface area contributed by atoms with E-state index in [1.807, 2.05) is 17.9 Å². The van der Waals surface area contributed by atoms with Crippen molar-refractivity contribution in [3.05, 3.63) is 44.9 Å². The Balaban J connectivity index is 1.63. The molecule has 3 nitrogen and oxygen atoms in total. The summed E-state index contributed by atoms with van der Waals surface area (Å²) >= 11 is 1.60. The molecule has 0 unspecified atom stereocenters. The molecule has 4 heteroatoms. The van der Waals surface area contributed by atoms with Crippen LogP contribution in [0.15, 0.2) is 18.2 Å². The minimum Gasteiger partial charge on any atom is -0.307 e. The first kappa shape index (κ1) is 13.9. The van der Waals surface area contributed by atoms with Crippen LogP contribution >= 0.6 is 11.3 Å². The van der Waals surface area contributed by atoms with Gasteiger partial charge in [-0.15, -0.1) is 11.3 Å². The number of rotatable bonds is 3. The minimum absolute atomic E-state index is 0.126. The van der Waals surface area contributed by atoms with Crippen LogP contribution in [0.1, 0.15) is 44.3 Å². The molecule has 114 valence electrons. The standard InChI is InChI=1S/C18H20N2OS/c1-11-4-3-5-15-14(11)8-9-20(15)18(21)17-12(2)19-16(22-17)10-13-6-7-13/h3-5,13H,6-10H2,1-2H3. The van der Waals surface area contributed by atoms with E-state index < -0.39 is 0 Å². The van der Waals surface area contributed by atoms with E-state index in [1.165, 1.54) is 24.0 Å². The van der Waals surface area contributed by atoms with Gasteiger partial charge in [-0.25, -0.2) is 4.98 Å². The summed E-state index contributed by atoms with van der Waals surface area (Å²) in [5, 5.41) is 1.13. The predicted octanol–water partition coefficient (Wildman–Crippen LogP) is 3.92. The van der Waals surface area contributed by atoms with E-state index in [2.05, 4.69) is 24.0 Å². The number of benzene rings is 1. The first-order valence-electron chi connectivity index (χ1n) is 8.00. The normalized spacial score (nSPS) is 16.9. The Morgan fingerprint density at radius 1 is 1.36 bits per heavy atom. The molecule has 1 aromatic heterocycles. The zero-order chi connectivity index (χ0) is 15.3. The summed E-state index contributed by atoms with van der Waals surface area (Å²) in [4.78, 5) is 20.3. The van der Waals surface area contributed by atoms with Crippen molar-refractivity contribution in [2.45, 2.75) is 39.5 Å². The molecule has 0 spiro atoms. The van der Waals surface area contributed by atoms with Crippen LogP contribution < -0.4 is 4.90 Å². The summed E-state index contributed by atoms with van der Waals surface area (Å²) < 4.78 is 0. The Kier molecular flexibility index (Phi) is 3.30. The van der Waals surface area contributed by atoms with E-state index in [9.17, 15) is 4.79 Å². The first-order chi connectivity index (χ1) is 10.6. The van der Waals surface area contributed by atoms with Gasteiger partial charge in [0.1, 0.15) is 4.88 Å². The van der Waals surface area contributed by atoms with Crippen LogP contribution in [0.25, 0.3) is 0 Å². The van der Waals surface area contributed by atoms with Gasteiger partial charge in [0.15, 0.2) is 0 Å². The van der Waals surface area contributed by atoms with E-state index in [4.69, 9.17) is 0 Å². The van der Waals surface area contributed by atoms with Crippen LogP contribution in [0.4, 0.5) is 5.69 Å². The van der Waals surface area contributed by atoms with Gasteiger partial charge in [-0.2, -0.15) is 0 Å². The highest BCUT2D eigenvalue weighted by Gasteiger charge is 2.30. The van der Waals surface area contributed by atoms with E-state index in [1.54, 1.807) is 11.3 Å². The second kappa shape index (κ2) is 5.20. The fourth-order valence-corrected chi connectivity index (χ4v) is 4.38. The van der Waals surface area contributed by atoms with E-state index in [0.29, 0.717) is 0 Å². The van der Waals surface area contributed by atoms with Crippen LogP contribution in [0.2, 0.25) is 0 Å². The van der Waals surface area contributed by atoms with Crippen molar-refractivity contribution >= 4 is 22.9 Å². The maximum Gasteiger partial charge on any atom is 0.270 e. The fraction of sp³-hybridized carbons (Fsp3) is 0.444. The van der Waals surface area contributed by atoms with Crippen LogP contribution in [0.3, 0.4) is 0 Å². The maximum absolute atomic E-state index is 13.0. The second-order valence-electron chi connectivity index (χ2n) is 6.45. The quantitative estimate of drug-likeness (QED) is 0.861. The van der Waals surface area contributed by atoms with Crippen molar-refractivity contribution in [3.63, 3.8) is 0 Å². The van der Waals surface area contributed by atoms with Crippen LogP contribution in [-0.2, 0) is 12.8 Å². The Morgan fingerprint density at radius 2 is 2.18 bits per heavy atom. The molecule has 4 rings (SSSR count). The van der Waals surface area contributed by atoms with Crippen molar-refractivity contribution in [1.29, 1.82) is 0 Å². The zero-order valence-corrected chi connectivity index (χ0v) is 13.9. The maximum atomic E-state index is 13.0. The number of anilines is 1. The summed E-state index contributed by atoms with van der Waals surface area (Å²) in [6, 6.07) is 6.23. The molecule has 1 amide bonds. The number of nitrogens with zero attached hydrogens (tertiary/aromatic N) is 2. The molecule has 22 heavy (non-hydrogen) atoms. The molecule has 0 saturated heterocycles. The number of carbonyl (C=O) groups excluding carboxylic acids is 1. The predicted molar refractivity (Wildman–Crippen MR) is 89.8 cm³/mol. The van der Waals surface area contributed by atoms with E-state index >= 15 is 0 Å². The second-order valence-corrected chi connectivity index (χ2v) is 7.53. The van der Waals surface area contributed by atoms with Crippen molar-refractivity contribution in [2.24, 2.45) is 5.92 Å². The molecule has 0 atom stereocenters. The van der Waals surface area contributed by atoms with Crippen LogP contribution in [0, 0.1) is 19.8 Å². The average molecular weight is 312 g/mol. The first-order valence-corrected chi connectivity index (χ1v) is 8.82. The topological polar surface area (TPSA) is 33.2 Å². The monoisotopic (exact) mass is 312 g/mol. The van der Waals surface area contributed by atoms with Crippen LogP contribution in [-0.4, -0.2) is 17.4 Å². The lowest BCUT2D eigenvalue weighted by molar-refractivity contribution is 0.0992. The molecule has 2 aliphatic rings. The number of carbonyl (C=O) groups is 1. The van der Waals surface area contributed by atoms with Gasteiger partial charge in [0, 0.05) is 18.7 Å². The smallest absolute Gasteiger partial charge is 0.270 e. The average Bonchev–Trinajstić information content (AvgIpc) is 3.06. The highest BCUT2D eigenvalue weighted by atomic mass is 32.1. The molecule has 0 bridgehead atoms. The van der Waals surface area contributed by atoms with Gasteiger partial charge in [-0.05, 0) is 56.2 Å². The summed E-state index contributed by atoms with van der Waals surface area (Å²) in [7, 11) is 0. The number of hydrogen-bond acceptors (Lipinski definition) is 3. The number of thiazole rings is 1. The molecular weight excluding hydrogens is 292 g/mol. The molecular formula is C18H20N2OS. The highest BCUT2D eigenvalue weighted by molar-refractivity contribution is 7.14. The Hall–Kier alpha value is -1.68. The Labute approximate surface area is 135 Å². The molecule has 1 fully saturated rings. The van der Waals surface area contributed by atoms with Crippen molar-refractivity contribution in [1.82, 2.24) is 4.98 Å². The lowest BCUT2D eigenvalue weighted by atomic mass is 10.1. The third kappa shape index (κ3) is 2.35. The van der Waals surface area contributed by atoms with Gasteiger partial charge >= 0.3 is 0 Å². The van der Waals surface area contributed by atoms with Gasteiger partial charge in [0.05, 0.1) is 10.7 Å². The third-order valence-electron chi connectivity index (χ3n) is 4.70. The number of aryl methyl sites for hydroxylation is 2. The van der Waals surface area contributed by atoms with Crippen LogP contribution in [0.5, 0.6) is 0 Å². The SMILES string of the molecule is Cc1cccc2c1CCN2C(=O)c1sc(CC2CC2)nc1C. The van der Waals surface area contributed by atoms with Gasteiger partial charge < -0.3 is 4.90 Å². The van der Waals surface area contributed by atoms with Gasteiger partial charge in [-0.3, -0.25) is 4.79 Å². The molecule has 1 saturated carbocycles. The molecule has 1 aliphatic heterocycles. The summed E-state index contributed by atoms with van der Waals surface area (Å²) in [6.07, 6.45) is 4.65. The lowest BCUT2D eigenvalue weighted by Crippen LogP contribution is -2.28. The number of aromatic nitrogens is 1. The number of hydrogen-bond donors (Lipinski definition) is 0. The molecule has 0 N–H and O–H groups in total. The van der Waals surface area contributed by atoms with Crippen molar-refractivity contribution in [2.75, 3.05) is 11.4 Å². The number of fused-ring (bicyclic) bond motifs is 1. The molecule has 0 radical (unpaired) electrons. The zero-order valence-electron chi connectivity index (χ0n) is 13.1. The summed E-state index contributed by atoms with van der Waals surface area (Å²) in [5.41, 5.74) is 4.58. The Morgan fingerprint density at radius 3 is 2.95 bits per heavy atom. The summed E-state index contributed by atoms with van der Waals surface area (Å²) in [6.45, 7) is 4.88. The summed E-state index contributed by atoms with van der Waals surface area (Å²) in [5.74, 6) is 0.935. The fourth-order valence-electron chi connectivity index (χ4n) is 3.25. The van der Waals surface area contributed by atoms with Crippen molar-refractivity contribution in [3.8, 4) is 0 Å². The molecule has 1 aromatic carbocycles. The lowest BCUT2D eigenvalue weighted by Gasteiger charge is -2.16. The third-order valence-corrected chi connectivity index (χ3v) is 5.87. The van der Waals surface area contributed by atoms with Gasteiger partial charge in [0.25, 0.3) is 5.91 Å². The molecule has 1 aliphatic carbocycles. The number of amides is 1. The van der Waals surface area contributed by atoms with Gasteiger partial charge in [0.2, 0.25) is 0 Å². The van der Waals surface area contributed by atoms with E-state index in [-0.39, 0.29) is 5.91 Å². The Bertz CT molecular complexity index is 746.